The van der Waals surface area contributed by atoms with E-state index in [1.54, 1.807) is 27.4 Å². The van der Waals surface area contributed by atoms with E-state index in [4.69, 9.17) is 0 Å². The summed E-state index contributed by atoms with van der Waals surface area (Å²) in [5, 5.41) is 5.48. The molecule has 0 bridgehead atoms. The van der Waals surface area contributed by atoms with Gasteiger partial charge in [-0.25, -0.2) is 6.08 Å². The molecule has 0 N–H and O–H groups in total. The van der Waals surface area contributed by atoms with Crippen LogP contribution in [0.5, 0.6) is 0 Å². The van der Waals surface area contributed by atoms with E-state index in [1.165, 1.54) is 70.3 Å². The van der Waals surface area contributed by atoms with Crippen LogP contribution in [-0.4, -0.2) is 3.21 Å². The quantitative estimate of drug-likeness (QED) is 0.312. The second-order valence-electron chi connectivity index (χ2n) is 13.9. The Morgan fingerprint density at radius 1 is 0.667 bits per heavy atom. The molecule has 0 radical (unpaired) electrons. The molecule has 2 aliphatic rings. The van der Waals surface area contributed by atoms with Gasteiger partial charge in [0.05, 0.1) is 0 Å². The van der Waals surface area contributed by atoms with Gasteiger partial charge in [0, 0.05) is 0 Å². The van der Waals surface area contributed by atoms with Crippen LogP contribution in [0.15, 0.2) is 60.2 Å². The molecule has 0 amide bonds. The second kappa shape index (κ2) is 14.8. The molecule has 3 heteroatoms. The van der Waals surface area contributed by atoms with Gasteiger partial charge in [0.15, 0.2) is 0 Å². The van der Waals surface area contributed by atoms with Gasteiger partial charge in [-0.2, -0.15) is 11.6 Å². The molecule has 5 rings (SSSR count). The molecule has 0 nitrogen and oxygen atoms in total. The van der Waals surface area contributed by atoms with Crippen LogP contribution in [0, 0.1) is 11.5 Å². The van der Waals surface area contributed by atoms with Crippen LogP contribution in [0.1, 0.15) is 112 Å². The Hall–Kier alpha value is -0.877. The molecule has 0 aliphatic heterocycles. The van der Waals surface area contributed by atoms with Gasteiger partial charge in [-0.15, -0.1) is 46.2 Å². The van der Waals surface area contributed by atoms with Crippen molar-refractivity contribution >= 4 is 24.8 Å². The molecule has 0 aromatic heterocycles. The van der Waals surface area contributed by atoms with E-state index in [0.717, 1.165) is 6.42 Å². The fourth-order valence-corrected chi connectivity index (χ4v) is 5.72. The zero-order valence-electron chi connectivity index (χ0n) is 25.7. The van der Waals surface area contributed by atoms with Crippen LogP contribution in [0.4, 0.5) is 0 Å². The molecule has 3 aromatic rings. The van der Waals surface area contributed by atoms with E-state index in [0.29, 0.717) is 5.41 Å². The van der Waals surface area contributed by atoms with Crippen LogP contribution in [0.3, 0.4) is 0 Å². The van der Waals surface area contributed by atoms with E-state index in [1.807, 2.05) is 0 Å². The number of benzene rings is 2. The van der Waals surface area contributed by atoms with Gasteiger partial charge in [0.25, 0.3) is 0 Å². The summed E-state index contributed by atoms with van der Waals surface area (Å²) in [5.41, 5.74) is 4.96. The van der Waals surface area contributed by atoms with Crippen molar-refractivity contribution in [3.8, 4) is 0 Å². The van der Waals surface area contributed by atoms with E-state index in [9.17, 15) is 0 Å². The van der Waals surface area contributed by atoms with Crippen LogP contribution < -0.4 is 24.8 Å². The normalized spacial score (nSPS) is 15.5. The van der Waals surface area contributed by atoms with Crippen LogP contribution in [0.2, 0.25) is 0 Å². The molecule has 0 atom stereocenters. The summed E-state index contributed by atoms with van der Waals surface area (Å²) in [5.74, 6) is 0. The Morgan fingerprint density at radius 2 is 1.13 bits per heavy atom. The molecule has 0 unspecified atom stereocenters. The van der Waals surface area contributed by atoms with Crippen molar-refractivity contribution in [3.05, 3.63) is 77.4 Å². The van der Waals surface area contributed by atoms with Crippen molar-refractivity contribution in [1.29, 1.82) is 0 Å². The van der Waals surface area contributed by atoms with Gasteiger partial charge >= 0.3 is 59.5 Å². The summed E-state index contributed by atoms with van der Waals surface area (Å²) in [7, 11) is 0. The van der Waals surface area contributed by atoms with E-state index >= 15 is 0 Å². The maximum atomic E-state index is 3.16. The van der Waals surface area contributed by atoms with E-state index in [2.05, 4.69) is 123 Å². The van der Waals surface area contributed by atoms with Crippen molar-refractivity contribution < 1.29 is 49.0 Å². The third-order valence-corrected chi connectivity index (χ3v) is 8.69. The second-order valence-corrected chi connectivity index (χ2v) is 15.6. The third-order valence-electron chi connectivity index (χ3n) is 7.46. The van der Waals surface area contributed by atoms with Crippen molar-refractivity contribution in [1.82, 2.24) is 0 Å². The van der Waals surface area contributed by atoms with Gasteiger partial charge < -0.3 is 24.8 Å². The van der Waals surface area contributed by atoms with Crippen molar-refractivity contribution in [2.75, 3.05) is 0 Å². The van der Waals surface area contributed by atoms with Gasteiger partial charge in [0.2, 0.25) is 0 Å². The molecule has 39 heavy (non-hydrogen) atoms. The van der Waals surface area contributed by atoms with Crippen molar-refractivity contribution in [2.24, 2.45) is 5.41 Å². The first kappa shape index (κ1) is 36.1. The van der Waals surface area contributed by atoms with Crippen molar-refractivity contribution in [2.45, 2.75) is 112 Å². The Kier molecular flexibility index (Phi) is 13.8. The Labute approximate surface area is 266 Å². The molecule has 1 saturated carbocycles. The number of halogens is 2. The molecule has 2 aliphatic carbocycles. The van der Waals surface area contributed by atoms with Gasteiger partial charge in [0.1, 0.15) is 0 Å². The Bertz CT molecular complexity index is 1210. The molecule has 1 fully saturated rings. The number of fused-ring (bicyclic) bond motifs is 3. The molecular formula is C36H48Cl2Zr-2. The zero-order chi connectivity index (χ0) is 27.4. The van der Waals surface area contributed by atoms with Crippen LogP contribution in [-0.2, 0) is 35.1 Å². The monoisotopic (exact) mass is 640 g/mol. The fourth-order valence-electron chi connectivity index (χ4n) is 4.85. The first-order chi connectivity index (χ1) is 17.2. The average Bonchev–Trinajstić information content (AvgIpc) is 3.47. The molecule has 212 valence electrons. The molecule has 0 saturated heterocycles. The summed E-state index contributed by atoms with van der Waals surface area (Å²) >= 11 is 1.69. The molecular weight excluding hydrogens is 595 g/mol. The first-order valence-electron chi connectivity index (χ1n) is 14.1. The minimum atomic E-state index is 0. The summed E-state index contributed by atoms with van der Waals surface area (Å²) in [6, 6.07) is 16.2. The fraction of sp³-hybridized carbons (Fsp3) is 0.500. The predicted octanol–water partition coefficient (Wildman–Crippen LogP) is 4.71. The Balaban J connectivity index is 0.000000350. The topological polar surface area (TPSA) is 0 Å². The molecule has 0 heterocycles. The van der Waals surface area contributed by atoms with Crippen LogP contribution >= 0.6 is 0 Å². The van der Waals surface area contributed by atoms with Crippen LogP contribution in [0.25, 0.3) is 21.5 Å². The maximum absolute atomic E-state index is 3.16. The van der Waals surface area contributed by atoms with Gasteiger partial charge in [-0.3, -0.25) is 6.08 Å². The summed E-state index contributed by atoms with van der Waals surface area (Å²) in [6.07, 6.45) is 15.8. The van der Waals surface area contributed by atoms with Gasteiger partial charge in [-0.05, 0) is 10.8 Å². The summed E-state index contributed by atoms with van der Waals surface area (Å²) in [6.45, 7) is 20.3. The number of allylic oxidation sites excluding steroid dienone is 4. The summed E-state index contributed by atoms with van der Waals surface area (Å²) < 4.78 is 1.80. The molecule has 3 aromatic carbocycles. The van der Waals surface area contributed by atoms with Crippen molar-refractivity contribution in [3.63, 3.8) is 0 Å². The first-order valence-corrected chi connectivity index (χ1v) is 15.4. The number of hydrogen-bond donors (Lipinski definition) is 0. The third kappa shape index (κ3) is 10.5. The van der Waals surface area contributed by atoms with E-state index in [-0.39, 0.29) is 35.6 Å². The molecule has 0 spiro atoms. The number of rotatable bonds is 0. The standard InChI is InChI=1S/C21H25.C9H13.C6H10.2ClH.Zr/c1-20(2,3)16-7-9-18-14(12-16)11-15-13-17(21(4,5)6)8-10-19(15)18;1-9(2,3)8-6-4-5-7-8;1-2-4-6-5-3-1;;;/h7-13H,1-6H3;6-7H,4H2,1-3H3;1-5H2;2*1H;/q2*-1;;;;+2/p-2. The van der Waals surface area contributed by atoms with E-state index < -0.39 is 0 Å². The van der Waals surface area contributed by atoms with Gasteiger partial charge in [-0.1, -0.05) is 103 Å². The number of hydrogen-bond acceptors (Lipinski definition) is 0. The average molecular weight is 643 g/mol. The summed E-state index contributed by atoms with van der Waals surface area (Å²) in [4.78, 5) is 0. The SMILES string of the molecule is CC(C)(C)C1=CC[C-]=C1.CC(C)(C)c1ccc2c(c1)[cH-]c1cc(C(C)(C)C)ccc12.[Cl-].[Cl-].[Zr+2]=[C]1CCCCC1. The predicted molar refractivity (Wildman–Crippen MR) is 163 cm³/mol. The Morgan fingerprint density at radius 3 is 1.41 bits per heavy atom. The zero-order valence-corrected chi connectivity index (χ0v) is 29.7. The minimum absolute atomic E-state index is 0.